The molecule has 1 aromatic carbocycles. The fourth-order valence-electron chi connectivity index (χ4n) is 2.72. The molecule has 4 heteroatoms. The van der Waals surface area contributed by atoms with Gasteiger partial charge in [0.15, 0.2) is 0 Å². The minimum absolute atomic E-state index is 0.0574. The molecule has 1 fully saturated rings. The molecule has 2 atom stereocenters. The second-order valence-electron chi connectivity index (χ2n) is 5.30. The van der Waals surface area contributed by atoms with Crippen LogP contribution in [0.25, 0.3) is 0 Å². The van der Waals surface area contributed by atoms with Gasteiger partial charge in [0.1, 0.15) is 0 Å². The fraction of sp³-hybridized carbons (Fsp3) is 0.533. The number of carbonyl (C=O) groups is 1. The largest absolute Gasteiger partial charge is 0.337 e. The Morgan fingerprint density at radius 2 is 2.00 bits per heavy atom. The van der Waals surface area contributed by atoms with Gasteiger partial charge >= 0.3 is 0 Å². The van der Waals surface area contributed by atoms with E-state index in [1.165, 1.54) is 6.42 Å². The van der Waals surface area contributed by atoms with Gasteiger partial charge in [0.2, 0.25) is 0 Å². The Morgan fingerprint density at radius 1 is 1.32 bits per heavy atom. The lowest BCUT2D eigenvalue weighted by Crippen LogP contribution is -2.44. The first kappa shape index (κ1) is 14.9. The fourth-order valence-corrected chi connectivity index (χ4v) is 3.77. The molecule has 1 saturated carbocycles. The van der Waals surface area contributed by atoms with Crippen LogP contribution in [0.1, 0.15) is 41.6 Å². The van der Waals surface area contributed by atoms with Crippen LogP contribution in [0.15, 0.2) is 22.7 Å². The van der Waals surface area contributed by atoms with Crippen LogP contribution in [0, 0.1) is 6.92 Å². The Kier molecular flexibility index (Phi) is 4.91. The van der Waals surface area contributed by atoms with Crippen molar-refractivity contribution in [3.05, 3.63) is 33.8 Å². The van der Waals surface area contributed by atoms with Crippen LogP contribution in [0.5, 0.6) is 0 Å². The lowest BCUT2D eigenvalue weighted by Gasteiger charge is -2.35. The number of rotatable bonds is 2. The van der Waals surface area contributed by atoms with Gasteiger partial charge in [0.25, 0.3) is 5.91 Å². The molecule has 2 unspecified atom stereocenters. The summed E-state index contributed by atoms with van der Waals surface area (Å²) in [5.74, 6) is 0.0574. The SMILES string of the molecule is Cc1cc(Br)cc(C(=O)N(C)C2CCCCC2Cl)c1. The van der Waals surface area contributed by atoms with Crippen molar-refractivity contribution >= 4 is 33.4 Å². The molecule has 19 heavy (non-hydrogen) atoms. The standard InChI is InChI=1S/C15H19BrClNO/c1-10-7-11(9-12(16)8-10)15(19)18(2)14-6-4-3-5-13(14)17/h7-9,13-14H,3-6H2,1-2H3. The number of nitrogens with zero attached hydrogens (tertiary/aromatic N) is 1. The number of hydrogen-bond donors (Lipinski definition) is 0. The minimum Gasteiger partial charge on any atom is -0.337 e. The van der Waals surface area contributed by atoms with Crippen molar-refractivity contribution in [3.8, 4) is 0 Å². The molecule has 104 valence electrons. The van der Waals surface area contributed by atoms with E-state index in [-0.39, 0.29) is 17.3 Å². The van der Waals surface area contributed by atoms with Crippen LogP contribution < -0.4 is 0 Å². The van der Waals surface area contributed by atoms with E-state index in [2.05, 4.69) is 15.9 Å². The molecule has 0 bridgehead atoms. The average Bonchev–Trinajstić information content (AvgIpc) is 2.36. The van der Waals surface area contributed by atoms with Crippen LogP contribution in [0.2, 0.25) is 0 Å². The van der Waals surface area contributed by atoms with Gasteiger partial charge in [-0.15, -0.1) is 11.6 Å². The molecule has 0 aliphatic heterocycles. The number of amides is 1. The summed E-state index contributed by atoms with van der Waals surface area (Å²) in [4.78, 5) is 14.4. The summed E-state index contributed by atoms with van der Waals surface area (Å²) in [6.45, 7) is 1.99. The zero-order valence-electron chi connectivity index (χ0n) is 11.3. The Hall–Kier alpha value is -0.540. The highest BCUT2D eigenvalue weighted by molar-refractivity contribution is 9.10. The third kappa shape index (κ3) is 3.51. The van der Waals surface area contributed by atoms with Gasteiger partial charge in [-0.05, 0) is 43.5 Å². The molecule has 1 aromatic rings. The highest BCUT2D eigenvalue weighted by Gasteiger charge is 2.29. The molecule has 0 heterocycles. The number of carbonyl (C=O) groups excluding carboxylic acids is 1. The molecule has 0 spiro atoms. The molecular weight excluding hydrogens is 326 g/mol. The van der Waals surface area contributed by atoms with E-state index in [9.17, 15) is 4.79 Å². The highest BCUT2D eigenvalue weighted by Crippen LogP contribution is 2.28. The van der Waals surface area contributed by atoms with Crippen molar-refractivity contribution in [3.63, 3.8) is 0 Å². The molecule has 1 aliphatic carbocycles. The van der Waals surface area contributed by atoms with Gasteiger partial charge in [-0.25, -0.2) is 0 Å². The Labute approximate surface area is 128 Å². The Balaban J connectivity index is 2.18. The summed E-state index contributed by atoms with van der Waals surface area (Å²) in [6.07, 6.45) is 4.33. The van der Waals surface area contributed by atoms with E-state index in [0.29, 0.717) is 0 Å². The number of aryl methyl sites for hydroxylation is 1. The maximum Gasteiger partial charge on any atom is 0.253 e. The highest BCUT2D eigenvalue weighted by atomic mass is 79.9. The van der Waals surface area contributed by atoms with Crippen molar-refractivity contribution in [2.24, 2.45) is 0 Å². The molecule has 1 aliphatic rings. The molecule has 0 N–H and O–H groups in total. The van der Waals surface area contributed by atoms with E-state index in [0.717, 1.165) is 34.9 Å². The van der Waals surface area contributed by atoms with Gasteiger partial charge in [0.05, 0.1) is 5.38 Å². The van der Waals surface area contributed by atoms with Crippen molar-refractivity contribution in [2.45, 2.75) is 44.0 Å². The summed E-state index contributed by atoms with van der Waals surface area (Å²) in [7, 11) is 1.87. The minimum atomic E-state index is 0.0574. The van der Waals surface area contributed by atoms with Crippen LogP contribution in [0.4, 0.5) is 0 Å². The smallest absolute Gasteiger partial charge is 0.253 e. The van der Waals surface area contributed by atoms with E-state index in [1.807, 2.05) is 37.1 Å². The number of hydrogen-bond acceptors (Lipinski definition) is 1. The van der Waals surface area contributed by atoms with Crippen LogP contribution in [-0.2, 0) is 0 Å². The predicted octanol–water partition coefficient (Wildman–Crippen LogP) is 4.38. The summed E-state index contributed by atoms with van der Waals surface area (Å²) in [5, 5.41) is 0.0796. The molecule has 2 nitrogen and oxygen atoms in total. The second kappa shape index (κ2) is 6.27. The van der Waals surface area contributed by atoms with Gasteiger partial charge in [-0.2, -0.15) is 0 Å². The second-order valence-corrected chi connectivity index (χ2v) is 6.78. The first-order valence-corrected chi connectivity index (χ1v) is 7.90. The Bertz CT molecular complexity index is 457. The maximum absolute atomic E-state index is 12.5. The van der Waals surface area contributed by atoms with Crippen molar-refractivity contribution in [1.29, 1.82) is 0 Å². The van der Waals surface area contributed by atoms with Crippen LogP contribution in [-0.4, -0.2) is 29.3 Å². The molecule has 0 radical (unpaired) electrons. The number of halogens is 2. The summed E-state index contributed by atoms with van der Waals surface area (Å²) < 4.78 is 0.940. The quantitative estimate of drug-likeness (QED) is 0.729. The van der Waals surface area contributed by atoms with Crippen LogP contribution >= 0.6 is 27.5 Å². The Morgan fingerprint density at radius 3 is 2.63 bits per heavy atom. The normalized spacial score (nSPS) is 23.2. The van der Waals surface area contributed by atoms with Crippen molar-refractivity contribution < 1.29 is 4.79 Å². The lowest BCUT2D eigenvalue weighted by atomic mass is 9.93. The summed E-state index contributed by atoms with van der Waals surface area (Å²) in [6, 6.07) is 5.96. The predicted molar refractivity (Wildman–Crippen MR) is 82.9 cm³/mol. The lowest BCUT2D eigenvalue weighted by molar-refractivity contribution is 0.0700. The topological polar surface area (TPSA) is 20.3 Å². The van der Waals surface area contributed by atoms with Gasteiger partial charge in [0, 0.05) is 23.1 Å². The third-order valence-electron chi connectivity index (χ3n) is 3.75. The first-order valence-electron chi connectivity index (χ1n) is 6.67. The first-order chi connectivity index (χ1) is 8.99. The van der Waals surface area contributed by atoms with E-state index in [4.69, 9.17) is 11.6 Å². The molecule has 1 amide bonds. The van der Waals surface area contributed by atoms with Gasteiger partial charge in [-0.1, -0.05) is 28.8 Å². The number of alkyl halides is 1. The molecule has 2 rings (SSSR count). The van der Waals surface area contributed by atoms with E-state index in [1.54, 1.807) is 0 Å². The van der Waals surface area contributed by atoms with Crippen molar-refractivity contribution in [2.75, 3.05) is 7.05 Å². The van der Waals surface area contributed by atoms with E-state index < -0.39 is 0 Å². The maximum atomic E-state index is 12.5. The van der Waals surface area contributed by atoms with Gasteiger partial charge < -0.3 is 4.90 Å². The molecule has 0 aromatic heterocycles. The zero-order chi connectivity index (χ0) is 14.0. The summed E-state index contributed by atoms with van der Waals surface area (Å²) >= 11 is 9.81. The van der Waals surface area contributed by atoms with E-state index >= 15 is 0 Å². The molecular formula is C15H19BrClNO. The van der Waals surface area contributed by atoms with Crippen molar-refractivity contribution in [1.82, 2.24) is 4.90 Å². The van der Waals surface area contributed by atoms with Crippen LogP contribution in [0.3, 0.4) is 0 Å². The summed E-state index contributed by atoms with van der Waals surface area (Å²) in [5.41, 5.74) is 1.81. The zero-order valence-corrected chi connectivity index (χ0v) is 13.7. The van der Waals surface area contributed by atoms with Gasteiger partial charge in [-0.3, -0.25) is 4.79 Å². The third-order valence-corrected chi connectivity index (χ3v) is 4.72. The average molecular weight is 345 g/mol. The molecule has 0 saturated heterocycles. The number of benzene rings is 1. The monoisotopic (exact) mass is 343 g/mol.